The fraction of sp³-hybridized carbons (Fsp3) is 0.400. The average molecular weight is 198 g/mol. The molecule has 2 nitrogen and oxygen atoms in total. The van der Waals surface area contributed by atoms with Crippen LogP contribution in [0.25, 0.3) is 0 Å². The normalized spacial score (nSPS) is 27.0. The zero-order valence-corrected chi connectivity index (χ0v) is 7.96. The largest absolute Gasteiger partial charge is 0.387 e. The summed E-state index contributed by atoms with van der Waals surface area (Å²) in [5.41, 5.74) is 7.70. The number of halogens is 1. The van der Waals surface area contributed by atoms with Crippen LogP contribution < -0.4 is 5.73 Å². The van der Waals surface area contributed by atoms with E-state index in [1.807, 2.05) is 12.1 Å². The molecule has 3 heteroatoms. The highest BCUT2D eigenvalue weighted by Gasteiger charge is 2.26. The summed E-state index contributed by atoms with van der Waals surface area (Å²) >= 11 is 5.99. The van der Waals surface area contributed by atoms with Crippen molar-refractivity contribution >= 4 is 11.6 Å². The van der Waals surface area contributed by atoms with Crippen LogP contribution in [-0.4, -0.2) is 11.1 Å². The van der Waals surface area contributed by atoms with Crippen molar-refractivity contribution in [3.05, 3.63) is 34.3 Å². The fourth-order valence-electron chi connectivity index (χ4n) is 1.83. The Hall–Kier alpha value is -0.570. The second-order valence-corrected chi connectivity index (χ2v) is 3.87. The Kier molecular flexibility index (Phi) is 2.28. The molecular weight excluding hydrogens is 186 g/mol. The Morgan fingerprint density at radius 3 is 3.00 bits per heavy atom. The molecule has 1 aliphatic rings. The molecule has 0 bridgehead atoms. The number of aliphatic hydroxyl groups excluding tert-OH is 1. The van der Waals surface area contributed by atoms with Crippen molar-refractivity contribution in [3.63, 3.8) is 0 Å². The summed E-state index contributed by atoms with van der Waals surface area (Å²) in [5, 5.41) is 10.4. The summed E-state index contributed by atoms with van der Waals surface area (Å²) in [7, 11) is 0. The molecule has 13 heavy (non-hydrogen) atoms. The number of nitrogens with two attached hydrogens (primary N) is 1. The fourth-order valence-corrected chi connectivity index (χ4v) is 2.13. The van der Waals surface area contributed by atoms with Gasteiger partial charge in [0.15, 0.2) is 0 Å². The second kappa shape index (κ2) is 3.29. The number of benzene rings is 1. The van der Waals surface area contributed by atoms with Gasteiger partial charge in [0.05, 0.1) is 6.10 Å². The van der Waals surface area contributed by atoms with Gasteiger partial charge in [0, 0.05) is 16.6 Å². The van der Waals surface area contributed by atoms with Crippen molar-refractivity contribution in [3.8, 4) is 0 Å². The van der Waals surface area contributed by atoms with E-state index in [0.29, 0.717) is 5.02 Å². The van der Waals surface area contributed by atoms with E-state index in [1.165, 1.54) is 0 Å². The van der Waals surface area contributed by atoms with Crippen LogP contribution in [0.3, 0.4) is 0 Å². The summed E-state index contributed by atoms with van der Waals surface area (Å²) < 4.78 is 0. The van der Waals surface area contributed by atoms with Gasteiger partial charge in [0.1, 0.15) is 0 Å². The molecule has 0 spiro atoms. The van der Waals surface area contributed by atoms with Crippen LogP contribution in [0.4, 0.5) is 0 Å². The molecule has 0 amide bonds. The third-order valence-electron chi connectivity index (χ3n) is 2.59. The minimum Gasteiger partial charge on any atom is -0.387 e. The van der Waals surface area contributed by atoms with E-state index in [2.05, 4.69) is 0 Å². The number of rotatable bonds is 0. The molecule has 0 fully saturated rings. The molecule has 1 aromatic carbocycles. The second-order valence-electron chi connectivity index (χ2n) is 3.46. The lowest BCUT2D eigenvalue weighted by Crippen LogP contribution is -2.33. The highest BCUT2D eigenvalue weighted by atomic mass is 35.5. The molecule has 0 saturated heterocycles. The first kappa shape index (κ1) is 9.00. The SMILES string of the molecule is N[C@H]1CCc2cccc(Cl)c2[C@@H]1O. The highest BCUT2D eigenvalue weighted by molar-refractivity contribution is 6.31. The minimum absolute atomic E-state index is 0.174. The summed E-state index contributed by atoms with van der Waals surface area (Å²) in [5.74, 6) is 0. The van der Waals surface area contributed by atoms with E-state index >= 15 is 0 Å². The van der Waals surface area contributed by atoms with Gasteiger partial charge >= 0.3 is 0 Å². The third kappa shape index (κ3) is 1.46. The van der Waals surface area contributed by atoms with Gasteiger partial charge in [-0.2, -0.15) is 0 Å². The Morgan fingerprint density at radius 1 is 1.46 bits per heavy atom. The van der Waals surface area contributed by atoms with Gasteiger partial charge in [-0.3, -0.25) is 0 Å². The first-order chi connectivity index (χ1) is 6.20. The number of aryl methyl sites for hydroxylation is 1. The smallest absolute Gasteiger partial charge is 0.0957 e. The van der Waals surface area contributed by atoms with Crippen LogP contribution in [0.5, 0.6) is 0 Å². The van der Waals surface area contributed by atoms with Crippen molar-refractivity contribution in [2.45, 2.75) is 25.0 Å². The van der Waals surface area contributed by atoms with Gasteiger partial charge in [0.2, 0.25) is 0 Å². The number of hydrogen-bond donors (Lipinski definition) is 2. The van der Waals surface area contributed by atoms with Crippen molar-refractivity contribution in [2.24, 2.45) is 5.73 Å². The third-order valence-corrected chi connectivity index (χ3v) is 2.92. The van der Waals surface area contributed by atoms with E-state index in [0.717, 1.165) is 24.0 Å². The molecule has 0 saturated carbocycles. The Balaban J connectivity index is 2.51. The Bertz CT molecular complexity index is 327. The van der Waals surface area contributed by atoms with Crippen LogP contribution in [0.15, 0.2) is 18.2 Å². The van der Waals surface area contributed by atoms with Gasteiger partial charge in [-0.15, -0.1) is 0 Å². The van der Waals surface area contributed by atoms with Crippen LogP contribution >= 0.6 is 11.6 Å². The van der Waals surface area contributed by atoms with Gasteiger partial charge < -0.3 is 10.8 Å². The molecule has 3 N–H and O–H groups in total. The van der Waals surface area contributed by atoms with E-state index in [4.69, 9.17) is 17.3 Å². The molecule has 0 radical (unpaired) electrons. The lowest BCUT2D eigenvalue weighted by molar-refractivity contribution is 0.134. The molecule has 0 unspecified atom stereocenters. The predicted molar refractivity (Wildman–Crippen MR) is 52.7 cm³/mol. The molecule has 1 aliphatic carbocycles. The summed E-state index contributed by atoms with van der Waals surface area (Å²) in [6.07, 6.45) is 1.14. The maximum Gasteiger partial charge on any atom is 0.0957 e. The van der Waals surface area contributed by atoms with Crippen molar-refractivity contribution in [1.29, 1.82) is 0 Å². The lowest BCUT2D eigenvalue weighted by atomic mass is 9.86. The van der Waals surface area contributed by atoms with Crippen molar-refractivity contribution in [2.75, 3.05) is 0 Å². The van der Waals surface area contributed by atoms with Gasteiger partial charge in [-0.1, -0.05) is 23.7 Å². The topological polar surface area (TPSA) is 46.2 Å². The van der Waals surface area contributed by atoms with Gasteiger partial charge in [-0.25, -0.2) is 0 Å². The van der Waals surface area contributed by atoms with E-state index < -0.39 is 6.10 Å². The summed E-state index contributed by atoms with van der Waals surface area (Å²) in [6.45, 7) is 0. The predicted octanol–water partition coefficient (Wildman–Crippen LogP) is 1.65. The van der Waals surface area contributed by atoms with Crippen LogP contribution in [-0.2, 0) is 6.42 Å². The standard InChI is InChI=1S/C10H12ClNO/c11-7-3-1-2-6-4-5-8(12)10(13)9(6)7/h1-3,8,10,13H,4-5,12H2/t8-,10+/m0/s1. The lowest BCUT2D eigenvalue weighted by Gasteiger charge is -2.27. The summed E-state index contributed by atoms with van der Waals surface area (Å²) in [4.78, 5) is 0. The molecule has 0 aromatic heterocycles. The van der Waals surface area contributed by atoms with Gasteiger partial charge in [0.25, 0.3) is 0 Å². The Morgan fingerprint density at radius 2 is 2.23 bits per heavy atom. The average Bonchev–Trinajstić information content (AvgIpc) is 2.12. The number of hydrogen-bond acceptors (Lipinski definition) is 2. The van der Waals surface area contributed by atoms with E-state index in [1.54, 1.807) is 6.07 Å². The minimum atomic E-state index is -0.600. The summed E-state index contributed by atoms with van der Waals surface area (Å²) in [6, 6.07) is 5.52. The van der Waals surface area contributed by atoms with E-state index in [9.17, 15) is 5.11 Å². The molecule has 2 atom stereocenters. The first-order valence-corrected chi connectivity index (χ1v) is 4.79. The van der Waals surface area contributed by atoms with Gasteiger partial charge in [-0.05, 0) is 24.5 Å². The number of aliphatic hydroxyl groups is 1. The molecule has 2 rings (SSSR count). The van der Waals surface area contributed by atoms with Crippen LogP contribution in [0, 0.1) is 0 Å². The van der Waals surface area contributed by atoms with Crippen LogP contribution in [0.1, 0.15) is 23.7 Å². The molecule has 70 valence electrons. The van der Waals surface area contributed by atoms with E-state index in [-0.39, 0.29) is 6.04 Å². The molecule has 0 aliphatic heterocycles. The molecule has 0 heterocycles. The van der Waals surface area contributed by atoms with Crippen molar-refractivity contribution < 1.29 is 5.11 Å². The molecular formula is C10H12ClNO. The highest BCUT2D eigenvalue weighted by Crippen LogP contribution is 2.33. The quantitative estimate of drug-likeness (QED) is 0.665. The zero-order chi connectivity index (χ0) is 9.42. The molecule has 1 aromatic rings. The zero-order valence-electron chi connectivity index (χ0n) is 7.20. The Labute approximate surface area is 82.3 Å². The number of fused-ring (bicyclic) bond motifs is 1. The van der Waals surface area contributed by atoms with Crippen LogP contribution in [0.2, 0.25) is 5.02 Å². The maximum absolute atomic E-state index is 9.80. The maximum atomic E-state index is 9.80. The first-order valence-electron chi connectivity index (χ1n) is 4.41. The van der Waals surface area contributed by atoms with Crippen molar-refractivity contribution in [1.82, 2.24) is 0 Å². The monoisotopic (exact) mass is 197 g/mol.